The highest BCUT2D eigenvalue weighted by molar-refractivity contribution is 5.73. The summed E-state index contributed by atoms with van der Waals surface area (Å²) < 4.78 is 47.2. The summed E-state index contributed by atoms with van der Waals surface area (Å²) in [4.78, 5) is 25.8. The van der Waals surface area contributed by atoms with Gasteiger partial charge in [0.15, 0.2) is 0 Å². The molecule has 2 aliphatic rings. The fourth-order valence-electron chi connectivity index (χ4n) is 6.18. The van der Waals surface area contributed by atoms with Gasteiger partial charge in [0.1, 0.15) is 5.60 Å². The van der Waals surface area contributed by atoms with Crippen molar-refractivity contribution in [2.45, 2.75) is 51.3 Å². The Morgan fingerprint density at radius 3 is 2.28 bits per heavy atom. The highest BCUT2D eigenvalue weighted by Gasteiger charge is 2.37. The summed E-state index contributed by atoms with van der Waals surface area (Å²) in [5.74, 6) is -0.0244. The number of hydrogen-bond acceptors (Lipinski definition) is 6. The molecule has 1 aromatic heterocycles. The lowest BCUT2D eigenvalue weighted by Gasteiger charge is -2.35. The molecule has 6 rings (SSSR count). The van der Waals surface area contributed by atoms with E-state index < -0.39 is 23.3 Å². The van der Waals surface area contributed by atoms with Crippen LogP contribution in [0.2, 0.25) is 0 Å². The number of ether oxygens (including phenoxy) is 1. The Balaban J connectivity index is 1.09. The first-order valence-electron chi connectivity index (χ1n) is 15.6. The van der Waals surface area contributed by atoms with E-state index in [1.807, 2.05) is 57.2 Å². The normalized spacial score (nSPS) is 16.8. The van der Waals surface area contributed by atoms with E-state index in [9.17, 15) is 18.0 Å². The molecule has 1 unspecified atom stereocenters. The van der Waals surface area contributed by atoms with E-state index in [-0.39, 0.29) is 11.7 Å². The molecule has 1 saturated heterocycles. The van der Waals surface area contributed by atoms with Crippen molar-refractivity contribution in [1.29, 1.82) is 0 Å². The minimum Gasteiger partial charge on any atom is -0.444 e. The molecule has 7 nitrogen and oxygen atoms in total. The van der Waals surface area contributed by atoms with E-state index in [1.54, 1.807) is 23.2 Å². The van der Waals surface area contributed by atoms with Crippen LogP contribution in [0.4, 0.5) is 29.6 Å². The van der Waals surface area contributed by atoms with Gasteiger partial charge in [-0.2, -0.15) is 13.2 Å². The molecule has 1 amide bonds. The summed E-state index contributed by atoms with van der Waals surface area (Å²) in [6.07, 6.45) is -1.70. The van der Waals surface area contributed by atoms with Crippen LogP contribution in [0, 0.1) is 0 Å². The molecule has 0 saturated carbocycles. The molecule has 3 aromatic carbocycles. The van der Waals surface area contributed by atoms with Crippen LogP contribution in [0.15, 0.2) is 79.0 Å². The third-order valence-electron chi connectivity index (χ3n) is 8.47. The van der Waals surface area contributed by atoms with Crippen LogP contribution in [-0.4, -0.2) is 64.2 Å². The number of benzene rings is 3. The number of nitrogens with zero attached hydrogens (tertiary/aromatic N) is 4. The molecule has 1 aliphatic heterocycles. The van der Waals surface area contributed by atoms with Crippen molar-refractivity contribution in [3.8, 4) is 11.3 Å². The molecule has 1 fully saturated rings. The lowest BCUT2D eigenvalue weighted by atomic mass is 9.76. The average molecular weight is 630 g/mol. The molecule has 0 spiro atoms. The van der Waals surface area contributed by atoms with E-state index in [1.165, 1.54) is 11.6 Å². The molecule has 1 aliphatic carbocycles. The second kappa shape index (κ2) is 12.7. The van der Waals surface area contributed by atoms with Gasteiger partial charge in [-0.3, -0.25) is 4.90 Å². The Bertz CT molecular complexity index is 1690. The van der Waals surface area contributed by atoms with E-state index in [4.69, 9.17) is 9.72 Å². The van der Waals surface area contributed by atoms with Gasteiger partial charge in [-0.1, -0.05) is 54.6 Å². The SMILES string of the molecule is CC(C)(C)OC(=O)N1CCN(CCc2ccc(Nc3ncc4c(n3)-c3ccccc3C(c3ccccc3C(F)(F)F)C4)cc2)CC1. The number of nitrogens with one attached hydrogen (secondary N) is 1. The monoisotopic (exact) mass is 629 g/mol. The van der Waals surface area contributed by atoms with Gasteiger partial charge in [-0.25, -0.2) is 14.8 Å². The van der Waals surface area contributed by atoms with Gasteiger partial charge in [0, 0.05) is 56.1 Å². The molecular weight excluding hydrogens is 591 g/mol. The maximum atomic E-state index is 13.9. The summed E-state index contributed by atoms with van der Waals surface area (Å²) in [6, 6.07) is 21.5. The second-order valence-corrected chi connectivity index (χ2v) is 12.9. The number of aromatic nitrogens is 2. The summed E-state index contributed by atoms with van der Waals surface area (Å²) in [5.41, 5.74) is 4.39. The number of halogens is 3. The van der Waals surface area contributed by atoms with E-state index in [2.05, 4.69) is 27.3 Å². The van der Waals surface area contributed by atoms with Crippen molar-refractivity contribution in [1.82, 2.24) is 19.8 Å². The zero-order valence-electron chi connectivity index (χ0n) is 26.3. The lowest BCUT2D eigenvalue weighted by Crippen LogP contribution is -2.50. The van der Waals surface area contributed by atoms with Crippen LogP contribution >= 0.6 is 0 Å². The minimum atomic E-state index is -4.44. The number of rotatable bonds is 6. The second-order valence-electron chi connectivity index (χ2n) is 12.9. The summed E-state index contributed by atoms with van der Waals surface area (Å²) in [6.45, 7) is 9.47. The fourth-order valence-corrected chi connectivity index (χ4v) is 6.18. The van der Waals surface area contributed by atoms with Crippen molar-refractivity contribution in [3.05, 3.63) is 107 Å². The Morgan fingerprint density at radius 2 is 1.59 bits per heavy atom. The highest BCUT2D eigenvalue weighted by atomic mass is 19.4. The predicted molar refractivity (Wildman–Crippen MR) is 172 cm³/mol. The zero-order chi connectivity index (χ0) is 32.5. The van der Waals surface area contributed by atoms with Gasteiger partial charge in [0.05, 0.1) is 11.3 Å². The summed E-state index contributed by atoms with van der Waals surface area (Å²) in [5, 5.41) is 3.29. The largest absolute Gasteiger partial charge is 0.444 e. The number of anilines is 2. The topological polar surface area (TPSA) is 70.6 Å². The Morgan fingerprint density at radius 1 is 0.913 bits per heavy atom. The smallest absolute Gasteiger partial charge is 0.416 e. The quantitative estimate of drug-likeness (QED) is 0.236. The molecule has 10 heteroatoms. The van der Waals surface area contributed by atoms with Gasteiger partial charge < -0.3 is 15.0 Å². The van der Waals surface area contributed by atoms with Crippen LogP contribution < -0.4 is 5.32 Å². The van der Waals surface area contributed by atoms with Crippen LogP contribution in [-0.2, 0) is 23.8 Å². The van der Waals surface area contributed by atoms with Crippen LogP contribution in [0.1, 0.15) is 54.5 Å². The highest BCUT2D eigenvalue weighted by Crippen LogP contribution is 2.45. The first kappa shape index (κ1) is 31.5. The van der Waals surface area contributed by atoms with Crippen LogP contribution in [0.25, 0.3) is 11.3 Å². The van der Waals surface area contributed by atoms with E-state index >= 15 is 0 Å². The number of hydrogen-bond donors (Lipinski definition) is 1. The number of carbonyl (C=O) groups excluding carboxylic acids is 1. The number of carbonyl (C=O) groups is 1. The van der Waals surface area contributed by atoms with Gasteiger partial charge in [0.2, 0.25) is 5.95 Å². The van der Waals surface area contributed by atoms with E-state index in [0.29, 0.717) is 25.5 Å². The van der Waals surface area contributed by atoms with Crippen molar-refractivity contribution in [2.75, 3.05) is 38.0 Å². The standard InChI is InChI=1S/C36H38F3N5O2/c1-35(2,3)46-34(45)44-20-18-43(19-21-44)17-16-24-12-14-26(15-13-24)41-33-40-23-25-22-30(27-8-4-5-10-29(27)32(25)42-33)28-9-6-7-11-31(28)36(37,38)39/h4-15,23,30H,16-22H2,1-3H3,(H,40,41,42). The molecule has 1 N–H and O–H groups in total. The van der Waals surface area contributed by atoms with Gasteiger partial charge in [-0.15, -0.1) is 0 Å². The maximum Gasteiger partial charge on any atom is 0.416 e. The van der Waals surface area contributed by atoms with Crippen LogP contribution in [0.5, 0.6) is 0 Å². The molecule has 4 aromatic rings. The summed E-state index contributed by atoms with van der Waals surface area (Å²) in [7, 11) is 0. The number of alkyl halides is 3. The maximum absolute atomic E-state index is 13.9. The third-order valence-corrected chi connectivity index (χ3v) is 8.47. The minimum absolute atomic E-state index is 0.252. The van der Waals surface area contributed by atoms with Crippen molar-refractivity contribution in [2.24, 2.45) is 0 Å². The zero-order valence-corrected chi connectivity index (χ0v) is 26.3. The fraction of sp³-hybridized carbons (Fsp3) is 0.361. The molecule has 240 valence electrons. The average Bonchev–Trinajstić information content (AvgIpc) is 3.03. The molecule has 1 atom stereocenters. The summed E-state index contributed by atoms with van der Waals surface area (Å²) >= 11 is 0. The molecule has 0 radical (unpaired) electrons. The third kappa shape index (κ3) is 7.17. The van der Waals surface area contributed by atoms with Crippen molar-refractivity contribution in [3.63, 3.8) is 0 Å². The number of fused-ring (bicyclic) bond motifs is 3. The van der Waals surface area contributed by atoms with Crippen LogP contribution in [0.3, 0.4) is 0 Å². The lowest BCUT2D eigenvalue weighted by molar-refractivity contribution is -0.138. The first-order chi connectivity index (χ1) is 21.9. The molecular formula is C36H38F3N5O2. The molecule has 46 heavy (non-hydrogen) atoms. The Labute approximate surface area is 267 Å². The van der Waals surface area contributed by atoms with Crippen molar-refractivity contribution < 1.29 is 22.7 Å². The van der Waals surface area contributed by atoms with Gasteiger partial charge >= 0.3 is 12.3 Å². The Hall–Kier alpha value is -4.44. The molecule has 2 heterocycles. The number of amides is 1. The number of piperazine rings is 1. The Kier molecular flexibility index (Phi) is 8.74. The molecule has 0 bridgehead atoms. The van der Waals surface area contributed by atoms with E-state index in [0.717, 1.165) is 60.2 Å². The van der Waals surface area contributed by atoms with Gasteiger partial charge in [-0.05, 0) is 74.1 Å². The first-order valence-corrected chi connectivity index (χ1v) is 15.6. The van der Waals surface area contributed by atoms with Gasteiger partial charge in [0.25, 0.3) is 0 Å². The predicted octanol–water partition coefficient (Wildman–Crippen LogP) is 7.69. The van der Waals surface area contributed by atoms with Crippen molar-refractivity contribution >= 4 is 17.7 Å².